The summed E-state index contributed by atoms with van der Waals surface area (Å²) in [5.74, 6) is 0.598. The third kappa shape index (κ3) is 15.8. The Morgan fingerprint density at radius 1 is 0.947 bits per heavy atom. The predicted molar refractivity (Wildman–Crippen MR) is 78.5 cm³/mol. The second-order valence-electron chi connectivity index (χ2n) is 5.41. The van der Waals surface area contributed by atoms with E-state index < -0.39 is 10.4 Å². The minimum atomic E-state index is -4.25. The third-order valence-electron chi connectivity index (χ3n) is 3.37. The van der Waals surface area contributed by atoms with Gasteiger partial charge in [0.2, 0.25) is 0 Å². The lowest BCUT2D eigenvalue weighted by Crippen LogP contribution is -2.06. The van der Waals surface area contributed by atoms with Gasteiger partial charge in [0.15, 0.2) is 0 Å². The summed E-state index contributed by atoms with van der Waals surface area (Å²) in [7, 11) is -4.25. The van der Waals surface area contributed by atoms with Crippen molar-refractivity contribution in [1.29, 1.82) is 0 Å². The molecule has 1 unspecified atom stereocenters. The molecule has 0 spiro atoms. The van der Waals surface area contributed by atoms with E-state index in [1.54, 1.807) is 0 Å². The summed E-state index contributed by atoms with van der Waals surface area (Å²) in [5, 5.41) is 0. The van der Waals surface area contributed by atoms with Crippen molar-refractivity contribution in [2.75, 3.05) is 6.61 Å². The van der Waals surface area contributed by atoms with E-state index >= 15 is 0 Å². The average Bonchev–Trinajstić information content (AvgIpc) is 2.32. The molecule has 5 heteroatoms. The molecule has 0 aromatic heterocycles. The van der Waals surface area contributed by atoms with Crippen molar-refractivity contribution in [3.05, 3.63) is 0 Å². The van der Waals surface area contributed by atoms with Crippen LogP contribution in [-0.4, -0.2) is 19.6 Å². The maximum absolute atomic E-state index is 10.3. The maximum atomic E-state index is 10.3. The van der Waals surface area contributed by atoms with Crippen molar-refractivity contribution in [1.82, 2.24) is 0 Å². The molecule has 1 N–H and O–H groups in total. The van der Waals surface area contributed by atoms with Crippen LogP contribution < -0.4 is 0 Å². The lowest BCUT2D eigenvalue weighted by molar-refractivity contribution is 0.254. The van der Waals surface area contributed by atoms with Crippen LogP contribution >= 0.6 is 0 Å². The Morgan fingerprint density at radius 3 is 2.05 bits per heavy atom. The topological polar surface area (TPSA) is 63.6 Å². The molecule has 0 saturated heterocycles. The molecule has 0 aliphatic carbocycles. The highest BCUT2D eigenvalue weighted by Crippen LogP contribution is 2.16. The molecule has 0 amide bonds. The first-order chi connectivity index (χ1) is 8.95. The van der Waals surface area contributed by atoms with Crippen molar-refractivity contribution >= 4 is 10.4 Å². The minimum absolute atomic E-state index is 0.0835. The van der Waals surface area contributed by atoms with Gasteiger partial charge in [0, 0.05) is 0 Å². The van der Waals surface area contributed by atoms with Crippen LogP contribution in [0.5, 0.6) is 0 Å². The van der Waals surface area contributed by atoms with Crippen LogP contribution in [0, 0.1) is 5.92 Å². The standard InChI is InChI=1S/C14H30O4S/c1-3-4-5-6-7-8-9-11-14(2)12-10-13-18-19(15,16)17/h14H,3-13H2,1-2H3,(H,15,16,17). The molecule has 19 heavy (non-hydrogen) atoms. The van der Waals surface area contributed by atoms with E-state index in [9.17, 15) is 8.42 Å². The van der Waals surface area contributed by atoms with Crippen LogP contribution in [0.4, 0.5) is 0 Å². The lowest BCUT2D eigenvalue weighted by atomic mass is 9.98. The molecule has 4 nitrogen and oxygen atoms in total. The summed E-state index contributed by atoms with van der Waals surface area (Å²) in [6.07, 6.45) is 12.1. The number of hydrogen-bond acceptors (Lipinski definition) is 3. The van der Waals surface area contributed by atoms with Gasteiger partial charge in [-0.3, -0.25) is 4.55 Å². The van der Waals surface area contributed by atoms with E-state index in [-0.39, 0.29) is 6.61 Å². The Balaban J connectivity index is 3.28. The van der Waals surface area contributed by atoms with E-state index in [2.05, 4.69) is 18.0 Å². The van der Waals surface area contributed by atoms with Crippen molar-refractivity contribution in [2.45, 2.75) is 78.1 Å². The molecule has 0 aliphatic rings. The van der Waals surface area contributed by atoms with Crippen molar-refractivity contribution < 1.29 is 17.2 Å². The van der Waals surface area contributed by atoms with Gasteiger partial charge in [-0.15, -0.1) is 0 Å². The molecule has 116 valence electrons. The molecule has 0 radical (unpaired) electrons. The van der Waals surface area contributed by atoms with E-state index in [0.717, 1.165) is 6.42 Å². The molecule has 0 bridgehead atoms. The Hall–Kier alpha value is -0.130. The molecule has 0 rings (SSSR count). The molecule has 0 aromatic carbocycles. The average molecular weight is 294 g/mol. The Kier molecular flexibility index (Phi) is 11.6. The van der Waals surface area contributed by atoms with E-state index in [0.29, 0.717) is 12.3 Å². The van der Waals surface area contributed by atoms with Gasteiger partial charge in [0.1, 0.15) is 0 Å². The van der Waals surface area contributed by atoms with Gasteiger partial charge >= 0.3 is 10.4 Å². The highest BCUT2D eigenvalue weighted by atomic mass is 32.3. The van der Waals surface area contributed by atoms with Crippen molar-refractivity contribution in [2.24, 2.45) is 5.92 Å². The zero-order chi connectivity index (χ0) is 14.6. The molecule has 0 aliphatic heterocycles. The van der Waals surface area contributed by atoms with Crippen molar-refractivity contribution in [3.63, 3.8) is 0 Å². The third-order valence-corrected chi connectivity index (χ3v) is 3.84. The quantitative estimate of drug-likeness (QED) is 0.405. The van der Waals surface area contributed by atoms with Crippen LogP contribution in [0.25, 0.3) is 0 Å². The zero-order valence-electron chi connectivity index (χ0n) is 12.4. The first kappa shape index (κ1) is 18.9. The molecular weight excluding hydrogens is 264 g/mol. The molecule has 0 saturated carbocycles. The monoisotopic (exact) mass is 294 g/mol. The second-order valence-corrected chi connectivity index (χ2v) is 6.50. The second kappa shape index (κ2) is 11.7. The Morgan fingerprint density at radius 2 is 1.47 bits per heavy atom. The minimum Gasteiger partial charge on any atom is -0.264 e. The first-order valence-electron chi connectivity index (χ1n) is 7.57. The molecule has 0 aromatic rings. The van der Waals surface area contributed by atoms with Crippen LogP contribution in [0.2, 0.25) is 0 Å². The van der Waals surface area contributed by atoms with Crippen LogP contribution in [0.15, 0.2) is 0 Å². The summed E-state index contributed by atoms with van der Waals surface area (Å²) < 4.78 is 33.3. The van der Waals surface area contributed by atoms with Gasteiger partial charge in [0.25, 0.3) is 0 Å². The van der Waals surface area contributed by atoms with E-state index in [4.69, 9.17) is 4.55 Å². The van der Waals surface area contributed by atoms with E-state index in [1.807, 2.05) is 0 Å². The summed E-state index contributed by atoms with van der Waals surface area (Å²) in [6, 6.07) is 0. The van der Waals surface area contributed by atoms with Gasteiger partial charge < -0.3 is 0 Å². The van der Waals surface area contributed by atoms with Gasteiger partial charge in [-0.2, -0.15) is 8.42 Å². The van der Waals surface area contributed by atoms with Gasteiger partial charge in [-0.05, 0) is 18.8 Å². The first-order valence-corrected chi connectivity index (χ1v) is 8.94. The van der Waals surface area contributed by atoms with Gasteiger partial charge in [-0.25, -0.2) is 4.18 Å². The largest absolute Gasteiger partial charge is 0.397 e. The SMILES string of the molecule is CCCCCCCCCC(C)CCCOS(=O)(=O)O. The fourth-order valence-corrected chi connectivity index (χ4v) is 2.52. The molecule has 0 fully saturated rings. The van der Waals surface area contributed by atoms with Crippen LogP contribution in [0.1, 0.15) is 78.1 Å². The summed E-state index contributed by atoms with van der Waals surface area (Å²) >= 11 is 0. The van der Waals surface area contributed by atoms with Gasteiger partial charge in [0.05, 0.1) is 6.61 Å². The Bertz CT molecular complexity index is 288. The maximum Gasteiger partial charge on any atom is 0.397 e. The van der Waals surface area contributed by atoms with Gasteiger partial charge in [-0.1, -0.05) is 65.2 Å². The van der Waals surface area contributed by atoms with E-state index in [1.165, 1.54) is 51.4 Å². The molecule has 1 atom stereocenters. The Labute approximate surface area is 118 Å². The van der Waals surface area contributed by atoms with Crippen molar-refractivity contribution in [3.8, 4) is 0 Å². The predicted octanol–water partition coefficient (Wildman–Crippen LogP) is 4.36. The zero-order valence-corrected chi connectivity index (χ0v) is 13.3. The summed E-state index contributed by atoms with van der Waals surface area (Å²) in [5.41, 5.74) is 0. The normalized spacial score (nSPS) is 13.6. The summed E-state index contributed by atoms with van der Waals surface area (Å²) in [4.78, 5) is 0. The molecule has 0 heterocycles. The molecular formula is C14H30O4S. The fraction of sp³-hybridized carbons (Fsp3) is 1.00. The number of hydrogen-bond donors (Lipinski definition) is 1. The fourth-order valence-electron chi connectivity index (χ4n) is 2.19. The smallest absolute Gasteiger partial charge is 0.264 e. The highest BCUT2D eigenvalue weighted by molar-refractivity contribution is 7.80. The number of unbranched alkanes of at least 4 members (excludes halogenated alkanes) is 6. The lowest BCUT2D eigenvalue weighted by Gasteiger charge is -2.10. The highest BCUT2D eigenvalue weighted by Gasteiger charge is 2.06. The summed E-state index contributed by atoms with van der Waals surface area (Å²) in [6.45, 7) is 4.50. The number of rotatable bonds is 13. The van der Waals surface area contributed by atoms with Crippen LogP contribution in [0.3, 0.4) is 0 Å². The van der Waals surface area contributed by atoms with Crippen LogP contribution in [-0.2, 0) is 14.6 Å².